The number of hydrogen-bond donors (Lipinski definition) is 1. The fourth-order valence-corrected chi connectivity index (χ4v) is 3.85. The molecule has 0 aliphatic heterocycles. The van der Waals surface area contributed by atoms with Crippen LogP contribution >= 0.6 is 11.3 Å². The molecule has 158 valence electrons. The van der Waals surface area contributed by atoms with Gasteiger partial charge in [-0.05, 0) is 50.5 Å². The first-order chi connectivity index (χ1) is 14.3. The molecule has 7 nitrogen and oxygen atoms in total. The average Bonchev–Trinajstić information content (AvgIpc) is 3.03. The van der Waals surface area contributed by atoms with Crippen molar-refractivity contribution in [3.8, 4) is 0 Å². The van der Waals surface area contributed by atoms with Crippen LogP contribution in [0.3, 0.4) is 0 Å². The number of nitrogens with one attached hydrogen (secondary N) is 1. The van der Waals surface area contributed by atoms with Crippen molar-refractivity contribution in [2.75, 3.05) is 11.9 Å². The smallest absolute Gasteiger partial charge is 0.348 e. The molecule has 0 saturated carbocycles. The lowest BCUT2D eigenvalue weighted by molar-refractivity contribution is 0.0377. The third-order valence-corrected chi connectivity index (χ3v) is 5.34. The van der Waals surface area contributed by atoms with E-state index in [-0.39, 0.29) is 24.0 Å². The number of anilines is 2. The van der Waals surface area contributed by atoms with Crippen molar-refractivity contribution in [1.29, 1.82) is 0 Å². The molecule has 30 heavy (non-hydrogen) atoms. The van der Waals surface area contributed by atoms with E-state index in [0.29, 0.717) is 33.4 Å². The molecule has 0 spiro atoms. The van der Waals surface area contributed by atoms with Gasteiger partial charge in [0.15, 0.2) is 0 Å². The van der Waals surface area contributed by atoms with E-state index in [2.05, 4.69) is 15.3 Å². The zero-order valence-electron chi connectivity index (χ0n) is 17.7. The summed E-state index contributed by atoms with van der Waals surface area (Å²) in [5.74, 6) is 0.0818. The minimum Gasteiger partial charge on any atom is -0.461 e. The molecule has 2 aromatic heterocycles. The van der Waals surface area contributed by atoms with Gasteiger partial charge in [-0.3, -0.25) is 0 Å². The van der Waals surface area contributed by atoms with E-state index in [4.69, 9.17) is 9.47 Å². The SMILES string of the molecule is Cc1c(C(=O)OCC(C)C)sc2ncnc(Nc3cccc(C(=O)OC(C)C)c3)c12. The number of fused-ring (bicyclic) bond motifs is 1. The maximum Gasteiger partial charge on any atom is 0.348 e. The molecular weight excluding hydrogens is 402 g/mol. The summed E-state index contributed by atoms with van der Waals surface area (Å²) < 4.78 is 10.6. The zero-order chi connectivity index (χ0) is 21.8. The van der Waals surface area contributed by atoms with Crippen LogP contribution in [-0.4, -0.2) is 34.6 Å². The lowest BCUT2D eigenvalue weighted by Crippen LogP contribution is -2.11. The molecule has 0 amide bonds. The quantitative estimate of drug-likeness (QED) is 0.523. The van der Waals surface area contributed by atoms with Gasteiger partial charge in [-0.2, -0.15) is 0 Å². The van der Waals surface area contributed by atoms with Gasteiger partial charge >= 0.3 is 11.9 Å². The van der Waals surface area contributed by atoms with Crippen LogP contribution < -0.4 is 5.32 Å². The number of carbonyl (C=O) groups is 2. The summed E-state index contributed by atoms with van der Waals surface area (Å²) in [4.78, 5) is 34.5. The molecule has 3 rings (SSSR count). The number of rotatable bonds is 7. The molecule has 0 bridgehead atoms. The Morgan fingerprint density at radius 1 is 1.13 bits per heavy atom. The van der Waals surface area contributed by atoms with E-state index in [1.165, 1.54) is 17.7 Å². The number of thiophene rings is 1. The van der Waals surface area contributed by atoms with E-state index < -0.39 is 0 Å². The highest BCUT2D eigenvalue weighted by molar-refractivity contribution is 7.20. The molecule has 0 atom stereocenters. The molecule has 0 aliphatic rings. The highest BCUT2D eigenvalue weighted by atomic mass is 32.1. The maximum absolute atomic E-state index is 12.5. The van der Waals surface area contributed by atoms with Gasteiger partial charge in [0.1, 0.15) is 21.9 Å². The van der Waals surface area contributed by atoms with E-state index in [1.807, 2.05) is 26.8 Å². The summed E-state index contributed by atoms with van der Waals surface area (Å²) in [6.07, 6.45) is 1.25. The van der Waals surface area contributed by atoms with E-state index in [0.717, 1.165) is 10.9 Å². The summed E-state index contributed by atoms with van der Waals surface area (Å²) in [6.45, 7) is 9.81. The van der Waals surface area contributed by atoms with Crippen LogP contribution in [0.2, 0.25) is 0 Å². The summed E-state index contributed by atoms with van der Waals surface area (Å²) in [7, 11) is 0. The minimum absolute atomic E-state index is 0.196. The van der Waals surface area contributed by atoms with Gasteiger partial charge < -0.3 is 14.8 Å². The fraction of sp³-hybridized carbons (Fsp3) is 0.364. The van der Waals surface area contributed by atoms with Crippen molar-refractivity contribution in [3.63, 3.8) is 0 Å². The molecule has 0 radical (unpaired) electrons. The summed E-state index contributed by atoms with van der Waals surface area (Å²) in [5, 5.41) is 3.99. The number of hydrogen-bond acceptors (Lipinski definition) is 8. The van der Waals surface area contributed by atoms with Gasteiger partial charge in [0, 0.05) is 5.69 Å². The number of carbonyl (C=O) groups excluding carboxylic acids is 2. The van der Waals surface area contributed by atoms with Gasteiger partial charge in [0.2, 0.25) is 0 Å². The normalized spacial score (nSPS) is 11.2. The van der Waals surface area contributed by atoms with Gasteiger partial charge in [-0.15, -0.1) is 11.3 Å². The molecule has 0 unspecified atom stereocenters. The van der Waals surface area contributed by atoms with Crippen molar-refractivity contribution < 1.29 is 19.1 Å². The predicted octanol–water partition coefficient (Wildman–Crippen LogP) is 5.12. The highest BCUT2D eigenvalue weighted by Crippen LogP contribution is 2.35. The number of aromatic nitrogens is 2. The number of ether oxygens (including phenoxy) is 2. The molecule has 8 heteroatoms. The minimum atomic E-state index is -0.386. The van der Waals surface area contributed by atoms with Gasteiger partial charge in [0.25, 0.3) is 0 Å². The standard InChI is InChI=1S/C22H25N3O4S/c1-12(2)10-28-22(27)18-14(5)17-19(23-11-24-20(17)30-18)25-16-8-6-7-15(9-16)21(26)29-13(3)4/h6-9,11-13H,10H2,1-5H3,(H,23,24,25). The average molecular weight is 428 g/mol. The third-order valence-electron chi connectivity index (χ3n) is 4.16. The number of esters is 2. The van der Waals surface area contributed by atoms with Crippen molar-refractivity contribution in [3.05, 3.63) is 46.6 Å². The largest absolute Gasteiger partial charge is 0.461 e. The second-order valence-corrected chi connectivity index (χ2v) is 8.61. The Hall–Kier alpha value is -3.00. The number of aryl methyl sites for hydroxylation is 1. The molecule has 2 heterocycles. The van der Waals surface area contributed by atoms with Crippen molar-refractivity contribution in [2.45, 2.75) is 40.7 Å². The molecule has 0 fully saturated rings. The molecule has 1 N–H and O–H groups in total. The van der Waals surface area contributed by atoms with Crippen molar-refractivity contribution >= 4 is 45.0 Å². The fourth-order valence-electron chi connectivity index (χ4n) is 2.81. The van der Waals surface area contributed by atoms with E-state index >= 15 is 0 Å². The van der Waals surface area contributed by atoms with Crippen LogP contribution in [0.15, 0.2) is 30.6 Å². The molecule has 0 aliphatic carbocycles. The van der Waals surface area contributed by atoms with Gasteiger partial charge in [-0.25, -0.2) is 19.6 Å². The Kier molecular flexibility index (Phi) is 6.66. The summed E-state index contributed by atoms with van der Waals surface area (Å²) in [5.41, 5.74) is 1.89. The van der Waals surface area contributed by atoms with Crippen LogP contribution in [0, 0.1) is 12.8 Å². The number of benzene rings is 1. The van der Waals surface area contributed by atoms with Crippen LogP contribution in [0.4, 0.5) is 11.5 Å². The highest BCUT2D eigenvalue weighted by Gasteiger charge is 2.21. The molecule has 1 aromatic carbocycles. The topological polar surface area (TPSA) is 90.4 Å². The molecular formula is C22H25N3O4S. The van der Waals surface area contributed by atoms with Crippen LogP contribution in [0.1, 0.15) is 53.3 Å². The zero-order valence-corrected chi connectivity index (χ0v) is 18.5. The van der Waals surface area contributed by atoms with Crippen LogP contribution in [0.5, 0.6) is 0 Å². The number of nitrogens with zero attached hydrogens (tertiary/aromatic N) is 2. The Morgan fingerprint density at radius 2 is 1.90 bits per heavy atom. The van der Waals surface area contributed by atoms with Crippen LogP contribution in [0.25, 0.3) is 10.2 Å². The Bertz CT molecular complexity index is 1080. The van der Waals surface area contributed by atoms with Crippen LogP contribution in [-0.2, 0) is 9.47 Å². The monoisotopic (exact) mass is 427 g/mol. The first kappa shape index (κ1) is 21.7. The Morgan fingerprint density at radius 3 is 2.60 bits per heavy atom. The lowest BCUT2D eigenvalue weighted by Gasteiger charge is -2.11. The maximum atomic E-state index is 12.5. The summed E-state index contributed by atoms with van der Waals surface area (Å²) in [6, 6.07) is 7.01. The van der Waals surface area contributed by atoms with Crippen molar-refractivity contribution in [2.24, 2.45) is 5.92 Å². The van der Waals surface area contributed by atoms with E-state index in [9.17, 15) is 9.59 Å². The Balaban J connectivity index is 1.90. The first-order valence-corrected chi connectivity index (χ1v) is 10.6. The Labute approximate surface area is 179 Å². The van der Waals surface area contributed by atoms with Crippen molar-refractivity contribution in [1.82, 2.24) is 9.97 Å². The van der Waals surface area contributed by atoms with Gasteiger partial charge in [0.05, 0.1) is 23.7 Å². The third kappa shape index (κ3) is 4.94. The van der Waals surface area contributed by atoms with Gasteiger partial charge in [-0.1, -0.05) is 19.9 Å². The first-order valence-electron chi connectivity index (χ1n) is 9.75. The second kappa shape index (κ2) is 9.21. The van der Waals surface area contributed by atoms with E-state index in [1.54, 1.807) is 32.0 Å². The molecule has 0 saturated heterocycles. The lowest BCUT2D eigenvalue weighted by atomic mass is 10.1. The molecule has 3 aromatic rings. The summed E-state index contributed by atoms with van der Waals surface area (Å²) >= 11 is 1.28. The second-order valence-electron chi connectivity index (χ2n) is 7.61. The predicted molar refractivity (Wildman–Crippen MR) is 118 cm³/mol.